The molecular weight excluding hydrogens is 322 g/mol. The van der Waals surface area contributed by atoms with E-state index in [4.69, 9.17) is 21.4 Å². The average molecular weight is 338 g/mol. The molecule has 7 nitrogen and oxygen atoms in total. The van der Waals surface area contributed by atoms with Crippen molar-refractivity contribution in [2.24, 2.45) is 0 Å². The number of benzene rings is 1. The Morgan fingerprint density at radius 2 is 2.17 bits per heavy atom. The molecule has 1 atom stereocenters. The summed E-state index contributed by atoms with van der Waals surface area (Å²) in [6, 6.07) is 7.47. The van der Waals surface area contributed by atoms with Crippen LogP contribution < -0.4 is 5.32 Å². The molecule has 0 radical (unpaired) electrons. The summed E-state index contributed by atoms with van der Waals surface area (Å²) < 4.78 is 6.34. The van der Waals surface area contributed by atoms with Gasteiger partial charge in [-0.05, 0) is 31.2 Å². The third kappa shape index (κ3) is 4.08. The number of methoxy groups -OCH3 is 1. The molecule has 0 saturated heterocycles. The largest absolute Gasteiger partial charge is 0.480 e. The lowest BCUT2D eigenvalue weighted by atomic mass is 10.3. The van der Waals surface area contributed by atoms with E-state index in [9.17, 15) is 9.59 Å². The molecule has 0 bridgehead atoms. The van der Waals surface area contributed by atoms with E-state index in [0.29, 0.717) is 10.7 Å². The number of carboxylic acids is 1. The Balaban J connectivity index is 2.23. The standard InChI is InChI=1S/C15H16ClN3O4/c1-9-6-12(14(20)17-13(8-23-2)15(21)22)18-19(9)11-5-3-4-10(16)7-11/h3-7,13H,8H2,1-2H3,(H,17,20)(H,21,22). The maximum absolute atomic E-state index is 12.2. The maximum atomic E-state index is 12.2. The normalized spacial score (nSPS) is 12.0. The van der Waals surface area contributed by atoms with Gasteiger partial charge in [-0.1, -0.05) is 17.7 Å². The number of carboxylic acid groups (broad SMARTS) is 1. The van der Waals surface area contributed by atoms with Gasteiger partial charge in [0.1, 0.15) is 0 Å². The summed E-state index contributed by atoms with van der Waals surface area (Å²) in [4.78, 5) is 23.2. The van der Waals surface area contributed by atoms with Crippen molar-refractivity contribution in [2.45, 2.75) is 13.0 Å². The van der Waals surface area contributed by atoms with Crippen LogP contribution in [0.3, 0.4) is 0 Å². The van der Waals surface area contributed by atoms with Crippen molar-refractivity contribution in [3.8, 4) is 5.69 Å². The first-order valence-electron chi connectivity index (χ1n) is 6.77. The lowest BCUT2D eigenvalue weighted by Gasteiger charge is -2.12. The average Bonchev–Trinajstić information content (AvgIpc) is 2.88. The van der Waals surface area contributed by atoms with Gasteiger partial charge in [0, 0.05) is 17.8 Å². The number of halogens is 1. The summed E-state index contributed by atoms with van der Waals surface area (Å²) in [5, 5.41) is 16.2. The Morgan fingerprint density at radius 3 is 2.78 bits per heavy atom. The highest BCUT2D eigenvalue weighted by Crippen LogP contribution is 2.16. The minimum Gasteiger partial charge on any atom is -0.480 e. The molecule has 1 aromatic heterocycles. The summed E-state index contributed by atoms with van der Waals surface area (Å²) in [6.07, 6.45) is 0. The molecule has 1 heterocycles. The molecule has 0 saturated carbocycles. The van der Waals surface area contributed by atoms with Crippen molar-refractivity contribution in [1.82, 2.24) is 15.1 Å². The van der Waals surface area contributed by atoms with E-state index in [1.807, 2.05) is 0 Å². The van der Waals surface area contributed by atoms with E-state index in [1.54, 1.807) is 41.9 Å². The number of aliphatic carboxylic acids is 1. The van der Waals surface area contributed by atoms with Crippen molar-refractivity contribution in [3.05, 3.63) is 46.7 Å². The molecule has 1 amide bonds. The summed E-state index contributed by atoms with van der Waals surface area (Å²) in [5.74, 6) is -1.76. The van der Waals surface area contributed by atoms with Gasteiger partial charge in [0.05, 0.1) is 12.3 Å². The minimum absolute atomic E-state index is 0.116. The lowest BCUT2D eigenvalue weighted by molar-refractivity contribution is -0.140. The number of nitrogens with zero attached hydrogens (tertiary/aromatic N) is 2. The molecule has 0 aliphatic carbocycles. The topological polar surface area (TPSA) is 93.5 Å². The molecule has 2 aromatic rings. The molecule has 1 aromatic carbocycles. The zero-order chi connectivity index (χ0) is 17.0. The predicted octanol–water partition coefficient (Wildman–Crippen LogP) is 1.66. The van der Waals surface area contributed by atoms with Crippen molar-refractivity contribution < 1.29 is 19.4 Å². The highest BCUT2D eigenvalue weighted by molar-refractivity contribution is 6.30. The van der Waals surface area contributed by atoms with Gasteiger partial charge >= 0.3 is 5.97 Å². The van der Waals surface area contributed by atoms with Gasteiger partial charge in [-0.25, -0.2) is 9.48 Å². The summed E-state index contributed by atoms with van der Waals surface area (Å²) in [7, 11) is 1.36. The van der Waals surface area contributed by atoms with Gasteiger partial charge in [-0.3, -0.25) is 4.79 Å². The fourth-order valence-electron chi connectivity index (χ4n) is 2.03. The quantitative estimate of drug-likeness (QED) is 0.836. The Labute approximate surface area is 137 Å². The predicted molar refractivity (Wildman–Crippen MR) is 84.1 cm³/mol. The van der Waals surface area contributed by atoms with Crippen LogP contribution in [0.5, 0.6) is 0 Å². The van der Waals surface area contributed by atoms with E-state index in [-0.39, 0.29) is 12.3 Å². The zero-order valence-corrected chi connectivity index (χ0v) is 13.4. The van der Waals surface area contributed by atoms with Crippen molar-refractivity contribution in [3.63, 3.8) is 0 Å². The Hall–Kier alpha value is -2.38. The molecule has 8 heteroatoms. The number of hydrogen-bond donors (Lipinski definition) is 2. The molecule has 122 valence electrons. The fraction of sp³-hybridized carbons (Fsp3) is 0.267. The van der Waals surface area contributed by atoms with Crippen LogP contribution in [-0.2, 0) is 9.53 Å². The molecule has 0 fully saturated rings. The smallest absolute Gasteiger partial charge is 0.328 e. The highest BCUT2D eigenvalue weighted by Gasteiger charge is 2.22. The second-order valence-corrected chi connectivity index (χ2v) is 5.32. The van der Waals surface area contributed by atoms with Crippen LogP contribution in [0.1, 0.15) is 16.2 Å². The van der Waals surface area contributed by atoms with E-state index in [1.165, 1.54) is 7.11 Å². The number of ether oxygens (including phenoxy) is 1. The second-order valence-electron chi connectivity index (χ2n) is 4.88. The molecule has 0 aliphatic heterocycles. The van der Waals surface area contributed by atoms with E-state index < -0.39 is 17.9 Å². The molecular formula is C15H16ClN3O4. The second kappa shape index (κ2) is 7.26. The molecule has 0 spiro atoms. The Bertz CT molecular complexity index is 729. The monoisotopic (exact) mass is 337 g/mol. The molecule has 23 heavy (non-hydrogen) atoms. The summed E-state index contributed by atoms with van der Waals surface area (Å²) in [5.41, 5.74) is 1.54. The minimum atomic E-state index is -1.17. The number of rotatable bonds is 6. The number of aryl methyl sites for hydroxylation is 1. The number of aromatic nitrogens is 2. The molecule has 2 N–H and O–H groups in total. The number of hydrogen-bond acceptors (Lipinski definition) is 4. The number of nitrogens with one attached hydrogen (secondary N) is 1. The van der Waals surface area contributed by atoms with E-state index in [2.05, 4.69) is 10.4 Å². The Kier molecular flexibility index (Phi) is 5.36. The van der Waals surface area contributed by atoms with Gasteiger partial charge in [-0.2, -0.15) is 5.10 Å². The van der Waals surface area contributed by atoms with Gasteiger partial charge in [-0.15, -0.1) is 0 Å². The zero-order valence-electron chi connectivity index (χ0n) is 12.6. The van der Waals surface area contributed by atoms with Gasteiger partial charge in [0.25, 0.3) is 5.91 Å². The summed E-state index contributed by atoms with van der Waals surface area (Å²) in [6.45, 7) is 1.66. The first-order chi connectivity index (χ1) is 10.9. The van der Waals surface area contributed by atoms with Gasteiger partial charge < -0.3 is 15.2 Å². The fourth-order valence-corrected chi connectivity index (χ4v) is 2.21. The number of carbonyl (C=O) groups is 2. The molecule has 1 unspecified atom stereocenters. The van der Waals surface area contributed by atoms with Crippen LogP contribution in [0, 0.1) is 6.92 Å². The van der Waals surface area contributed by atoms with Crippen LogP contribution >= 0.6 is 11.6 Å². The Morgan fingerprint density at radius 1 is 1.43 bits per heavy atom. The van der Waals surface area contributed by atoms with E-state index in [0.717, 1.165) is 5.69 Å². The van der Waals surface area contributed by atoms with Crippen LogP contribution in [0.2, 0.25) is 5.02 Å². The SMILES string of the molecule is COCC(NC(=O)c1cc(C)n(-c2cccc(Cl)c2)n1)C(=O)O. The first-order valence-corrected chi connectivity index (χ1v) is 7.15. The van der Waals surface area contributed by atoms with Crippen LogP contribution in [-0.4, -0.2) is 46.5 Å². The van der Waals surface area contributed by atoms with Crippen LogP contribution in [0.4, 0.5) is 0 Å². The first kappa shape index (κ1) is 17.0. The van der Waals surface area contributed by atoms with Crippen LogP contribution in [0.25, 0.3) is 5.69 Å². The van der Waals surface area contributed by atoms with Crippen molar-refractivity contribution >= 4 is 23.5 Å². The third-order valence-electron chi connectivity index (χ3n) is 3.11. The van der Waals surface area contributed by atoms with Gasteiger partial charge in [0.15, 0.2) is 11.7 Å². The molecule has 0 aliphatic rings. The number of carbonyl (C=O) groups excluding carboxylic acids is 1. The van der Waals surface area contributed by atoms with E-state index >= 15 is 0 Å². The van der Waals surface area contributed by atoms with Crippen LogP contribution in [0.15, 0.2) is 30.3 Å². The number of amides is 1. The third-order valence-corrected chi connectivity index (χ3v) is 3.34. The van der Waals surface area contributed by atoms with Crippen molar-refractivity contribution in [2.75, 3.05) is 13.7 Å². The lowest BCUT2D eigenvalue weighted by Crippen LogP contribution is -2.44. The molecule has 2 rings (SSSR count). The summed E-state index contributed by atoms with van der Waals surface area (Å²) >= 11 is 5.96. The highest BCUT2D eigenvalue weighted by atomic mass is 35.5. The van der Waals surface area contributed by atoms with Gasteiger partial charge in [0.2, 0.25) is 0 Å². The maximum Gasteiger partial charge on any atom is 0.328 e. The van der Waals surface area contributed by atoms with Crippen molar-refractivity contribution in [1.29, 1.82) is 0 Å².